The number of halogens is 3. The van der Waals surface area contributed by atoms with E-state index in [2.05, 4.69) is 9.89 Å². The lowest BCUT2D eigenvalue weighted by molar-refractivity contribution is -0.137. The monoisotopic (exact) mass is 320 g/mol. The maximum absolute atomic E-state index is 13.3. The summed E-state index contributed by atoms with van der Waals surface area (Å²) in [6.07, 6.45) is 1.60. The molecule has 6 rings (SSSR count). The van der Waals surface area contributed by atoms with E-state index in [1.807, 2.05) is 0 Å². The second-order valence-corrected chi connectivity index (χ2v) is 7.67. The molecule has 0 unspecified atom stereocenters. The number of rotatable bonds is 0. The van der Waals surface area contributed by atoms with Crippen molar-refractivity contribution < 1.29 is 13.2 Å². The molecule has 3 heterocycles. The highest BCUT2D eigenvalue weighted by molar-refractivity contribution is 5.90. The molecule has 4 fully saturated rings. The molecule has 0 aromatic heterocycles. The molecule has 0 spiro atoms. The van der Waals surface area contributed by atoms with Crippen LogP contribution in [0.5, 0.6) is 0 Å². The highest BCUT2D eigenvalue weighted by Gasteiger charge is 2.47. The Morgan fingerprint density at radius 3 is 2.43 bits per heavy atom. The van der Waals surface area contributed by atoms with Gasteiger partial charge in [0.05, 0.1) is 11.3 Å². The van der Waals surface area contributed by atoms with Crippen LogP contribution in [0, 0.1) is 17.8 Å². The number of fused-ring (bicyclic) bond motifs is 1. The summed E-state index contributed by atoms with van der Waals surface area (Å²) in [5, 5.41) is 0. The molecule has 0 amide bonds. The van der Waals surface area contributed by atoms with Crippen LogP contribution < -0.4 is 0 Å². The molecule has 4 bridgehead atoms. The van der Waals surface area contributed by atoms with Gasteiger partial charge in [-0.2, -0.15) is 13.2 Å². The van der Waals surface area contributed by atoms with Gasteiger partial charge >= 0.3 is 6.18 Å². The van der Waals surface area contributed by atoms with Crippen molar-refractivity contribution in [1.29, 1.82) is 0 Å². The van der Waals surface area contributed by atoms with E-state index in [0.29, 0.717) is 18.5 Å². The molecule has 2 atom stereocenters. The molecule has 5 aliphatic rings. The van der Waals surface area contributed by atoms with Gasteiger partial charge in [0, 0.05) is 18.5 Å². The Hall–Kier alpha value is -1.52. The number of para-hydroxylation sites is 1. The molecule has 2 saturated carbocycles. The fourth-order valence-corrected chi connectivity index (χ4v) is 5.45. The van der Waals surface area contributed by atoms with E-state index < -0.39 is 11.7 Å². The van der Waals surface area contributed by atoms with Crippen molar-refractivity contribution in [2.45, 2.75) is 50.9 Å². The Kier molecular flexibility index (Phi) is 2.73. The first-order chi connectivity index (χ1) is 11.0. The Bertz CT molecular complexity index is 680. The van der Waals surface area contributed by atoms with Crippen molar-refractivity contribution in [3.05, 3.63) is 29.3 Å². The quantitative estimate of drug-likeness (QED) is 0.673. The fraction of sp³-hybridized carbons (Fsp3) is 0.611. The van der Waals surface area contributed by atoms with Crippen molar-refractivity contribution >= 4 is 11.5 Å². The van der Waals surface area contributed by atoms with E-state index in [-0.39, 0.29) is 5.69 Å². The molecule has 3 aliphatic heterocycles. The second kappa shape index (κ2) is 4.52. The summed E-state index contributed by atoms with van der Waals surface area (Å²) < 4.78 is 40.0. The zero-order valence-corrected chi connectivity index (χ0v) is 12.8. The molecule has 122 valence electrons. The van der Waals surface area contributed by atoms with E-state index in [0.717, 1.165) is 36.1 Å². The summed E-state index contributed by atoms with van der Waals surface area (Å²) in [5.41, 5.74) is 0.323. The third kappa shape index (κ3) is 2.05. The van der Waals surface area contributed by atoms with Crippen LogP contribution in [0.1, 0.15) is 43.2 Å². The number of alkyl halides is 3. The topological polar surface area (TPSA) is 15.6 Å². The summed E-state index contributed by atoms with van der Waals surface area (Å²) in [6.45, 7) is 0.596. The van der Waals surface area contributed by atoms with Gasteiger partial charge < -0.3 is 4.90 Å². The molecular weight excluding hydrogens is 301 g/mol. The Morgan fingerprint density at radius 1 is 1.00 bits per heavy atom. The summed E-state index contributed by atoms with van der Waals surface area (Å²) in [5.74, 6) is 2.80. The highest BCUT2D eigenvalue weighted by Crippen LogP contribution is 2.51. The van der Waals surface area contributed by atoms with Crippen LogP contribution in [-0.2, 0) is 12.7 Å². The average molecular weight is 320 g/mol. The molecule has 23 heavy (non-hydrogen) atoms. The SMILES string of the molecule is FC(F)(F)c1cccc2c1N=C1C3C[C@H]4CC(C[C@H](C3)C4)N1C2. The minimum atomic E-state index is -4.33. The third-order valence-electron chi connectivity index (χ3n) is 6.21. The van der Waals surface area contributed by atoms with Gasteiger partial charge in [-0.1, -0.05) is 12.1 Å². The van der Waals surface area contributed by atoms with Crippen molar-refractivity contribution in [2.75, 3.05) is 0 Å². The van der Waals surface area contributed by atoms with Crippen LogP contribution in [0.25, 0.3) is 0 Å². The van der Waals surface area contributed by atoms with E-state index in [4.69, 9.17) is 0 Å². The van der Waals surface area contributed by atoms with Crippen LogP contribution in [0.4, 0.5) is 18.9 Å². The van der Waals surface area contributed by atoms with E-state index >= 15 is 0 Å². The van der Waals surface area contributed by atoms with E-state index in [1.54, 1.807) is 6.07 Å². The molecule has 1 aromatic carbocycles. The first-order valence-electron chi connectivity index (χ1n) is 8.53. The van der Waals surface area contributed by atoms with Crippen molar-refractivity contribution in [3.63, 3.8) is 0 Å². The van der Waals surface area contributed by atoms with E-state index in [1.165, 1.54) is 31.4 Å². The first kappa shape index (κ1) is 13.9. The van der Waals surface area contributed by atoms with E-state index in [9.17, 15) is 13.2 Å². The predicted octanol–water partition coefficient (Wildman–Crippen LogP) is 4.76. The van der Waals surface area contributed by atoms with Crippen molar-refractivity contribution in [2.24, 2.45) is 22.7 Å². The van der Waals surface area contributed by atoms with Crippen LogP contribution in [0.2, 0.25) is 0 Å². The minimum absolute atomic E-state index is 0.174. The van der Waals surface area contributed by atoms with Gasteiger partial charge in [-0.15, -0.1) is 0 Å². The normalized spacial score (nSPS) is 34.7. The molecule has 0 N–H and O–H groups in total. The second-order valence-electron chi connectivity index (χ2n) is 7.67. The number of nitrogens with zero attached hydrogens (tertiary/aromatic N) is 2. The molecule has 2 nitrogen and oxygen atoms in total. The first-order valence-corrected chi connectivity index (χ1v) is 8.53. The Balaban J connectivity index is 1.65. The lowest BCUT2D eigenvalue weighted by Crippen LogP contribution is -2.42. The van der Waals surface area contributed by atoms with Crippen LogP contribution in [0.15, 0.2) is 23.2 Å². The lowest BCUT2D eigenvalue weighted by atomic mass is 9.68. The maximum atomic E-state index is 13.3. The largest absolute Gasteiger partial charge is 0.418 e. The van der Waals surface area contributed by atoms with Crippen molar-refractivity contribution in [3.8, 4) is 0 Å². The molecular formula is C18H19F3N2. The van der Waals surface area contributed by atoms with Crippen LogP contribution in [0.3, 0.4) is 0 Å². The zero-order valence-electron chi connectivity index (χ0n) is 12.8. The van der Waals surface area contributed by atoms with Crippen molar-refractivity contribution in [1.82, 2.24) is 4.90 Å². The van der Waals surface area contributed by atoms with Crippen LogP contribution >= 0.6 is 0 Å². The highest BCUT2D eigenvalue weighted by atomic mass is 19.4. The smallest absolute Gasteiger partial charge is 0.352 e. The van der Waals surface area contributed by atoms with Gasteiger partial charge in [0.25, 0.3) is 0 Å². The molecule has 2 aliphatic carbocycles. The lowest BCUT2D eigenvalue weighted by Gasteiger charge is -2.39. The Morgan fingerprint density at radius 2 is 1.74 bits per heavy atom. The maximum Gasteiger partial charge on any atom is 0.418 e. The van der Waals surface area contributed by atoms with Gasteiger partial charge in [-0.25, -0.2) is 4.99 Å². The molecule has 2 saturated heterocycles. The standard InChI is InChI=1S/C18H19F3N2/c19-18(20,21)15-3-1-2-12-9-23-14-7-10-4-11(8-14)6-13(5-10)17(23)22-16(12)15/h1-3,10-11,13-14H,4-9H2/t10-,11-,13?,14?/m0/s1. The number of amidine groups is 1. The minimum Gasteiger partial charge on any atom is -0.352 e. The summed E-state index contributed by atoms with van der Waals surface area (Å²) in [6, 6.07) is 4.97. The number of hydrogen-bond acceptors (Lipinski definition) is 2. The number of aliphatic imine (C=N–C) groups is 1. The van der Waals surface area contributed by atoms with Gasteiger partial charge in [-0.05, 0) is 55.6 Å². The van der Waals surface area contributed by atoms with Gasteiger partial charge in [0.2, 0.25) is 0 Å². The third-order valence-corrected chi connectivity index (χ3v) is 6.21. The Labute approximate surface area is 133 Å². The number of hydrogen-bond donors (Lipinski definition) is 0. The summed E-state index contributed by atoms with van der Waals surface area (Å²) in [7, 11) is 0. The van der Waals surface area contributed by atoms with Crippen LogP contribution in [-0.4, -0.2) is 16.8 Å². The molecule has 5 heteroatoms. The van der Waals surface area contributed by atoms with Gasteiger partial charge in [0.15, 0.2) is 0 Å². The predicted molar refractivity (Wildman–Crippen MR) is 81.4 cm³/mol. The zero-order chi connectivity index (χ0) is 15.8. The molecule has 0 radical (unpaired) electrons. The average Bonchev–Trinajstić information content (AvgIpc) is 2.66. The fourth-order valence-electron chi connectivity index (χ4n) is 5.45. The molecule has 1 aromatic rings. The summed E-state index contributed by atoms with van der Waals surface area (Å²) >= 11 is 0. The van der Waals surface area contributed by atoms with Gasteiger partial charge in [0.1, 0.15) is 5.84 Å². The number of benzene rings is 1. The van der Waals surface area contributed by atoms with Gasteiger partial charge in [-0.3, -0.25) is 0 Å². The summed E-state index contributed by atoms with van der Waals surface area (Å²) in [4.78, 5) is 6.95.